The van der Waals surface area contributed by atoms with Crippen molar-refractivity contribution in [3.05, 3.63) is 64.6 Å². The van der Waals surface area contributed by atoms with Crippen LogP contribution in [-0.2, 0) is 11.2 Å². The Balaban J connectivity index is 1.36. The average molecular weight is 568 g/mol. The number of thioether (sulfide) groups is 1. The molecule has 4 rings (SSSR count). The summed E-state index contributed by atoms with van der Waals surface area (Å²) >= 11 is 7.49. The molecule has 38 heavy (non-hydrogen) atoms. The topological polar surface area (TPSA) is 74.7 Å². The van der Waals surface area contributed by atoms with Gasteiger partial charge < -0.3 is 9.64 Å². The van der Waals surface area contributed by atoms with Crippen LogP contribution in [0.3, 0.4) is 0 Å². The number of aryl methyl sites for hydroxylation is 1. The van der Waals surface area contributed by atoms with E-state index < -0.39 is 28.8 Å². The van der Waals surface area contributed by atoms with Gasteiger partial charge in [-0.25, -0.2) is 18.7 Å². The number of fused-ring (bicyclic) bond motifs is 1. The van der Waals surface area contributed by atoms with Crippen LogP contribution in [-0.4, -0.2) is 53.5 Å². The molecule has 1 fully saturated rings. The third-order valence-electron chi connectivity index (χ3n) is 7.23. The molecule has 2 aromatic carbocycles. The Morgan fingerprint density at radius 3 is 2.58 bits per heavy atom. The molecule has 204 valence electrons. The van der Waals surface area contributed by atoms with Gasteiger partial charge in [0.25, 0.3) is 0 Å². The Morgan fingerprint density at radius 2 is 1.92 bits per heavy atom. The summed E-state index contributed by atoms with van der Waals surface area (Å²) in [7, 11) is 1.60. The van der Waals surface area contributed by atoms with Gasteiger partial charge in [0.1, 0.15) is 23.2 Å². The van der Waals surface area contributed by atoms with Crippen molar-refractivity contribution in [1.29, 1.82) is 0 Å². The maximum Gasteiger partial charge on any atom is 0.249 e. The number of aromatic nitrogens is 1. The highest BCUT2D eigenvalue weighted by atomic mass is 35.5. The normalized spacial score (nSPS) is 15.5. The maximum atomic E-state index is 13.9. The standard InChI is InChI=1S/C27H29ClF3N3O3S/c1-37-18-4-5-24-20(15-18)19(21(28)16-32-24)3-2-6-27(26(35)33-36)7-9-34(10-8-27)11-12-38-25-22(30)13-17(29)14-23(25)31/h4-5,13-16,36H,2-3,6-12H2,1H3,(H,33,35). The molecule has 0 saturated carbocycles. The van der Waals surface area contributed by atoms with Crippen molar-refractivity contribution in [2.24, 2.45) is 5.41 Å². The molecule has 0 aliphatic carbocycles. The summed E-state index contributed by atoms with van der Waals surface area (Å²) in [5.41, 5.74) is 2.85. The van der Waals surface area contributed by atoms with Gasteiger partial charge in [0.15, 0.2) is 0 Å². The molecule has 0 radical (unpaired) electrons. The molecule has 0 bridgehead atoms. The number of ether oxygens (including phenoxy) is 1. The number of carbonyl (C=O) groups is 1. The molecule has 1 aromatic heterocycles. The van der Waals surface area contributed by atoms with E-state index in [2.05, 4.69) is 9.88 Å². The fraction of sp³-hybridized carbons (Fsp3) is 0.407. The number of rotatable bonds is 10. The number of methoxy groups -OCH3 is 1. The van der Waals surface area contributed by atoms with Crippen molar-refractivity contribution in [3.8, 4) is 5.75 Å². The van der Waals surface area contributed by atoms with Gasteiger partial charge in [-0.15, -0.1) is 11.8 Å². The Morgan fingerprint density at radius 1 is 1.21 bits per heavy atom. The van der Waals surface area contributed by atoms with Crippen molar-refractivity contribution in [3.63, 3.8) is 0 Å². The van der Waals surface area contributed by atoms with Crippen molar-refractivity contribution < 1.29 is 27.9 Å². The van der Waals surface area contributed by atoms with Crippen LogP contribution in [0.2, 0.25) is 5.02 Å². The van der Waals surface area contributed by atoms with E-state index in [0.717, 1.165) is 28.2 Å². The molecule has 3 aromatic rings. The minimum Gasteiger partial charge on any atom is -0.497 e. The zero-order valence-corrected chi connectivity index (χ0v) is 22.5. The van der Waals surface area contributed by atoms with E-state index in [4.69, 9.17) is 16.3 Å². The van der Waals surface area contributed by atoms with Crippen molar-refractivity contribution in [1.82, 2.24) is 15.4 Å². The molecule has 1 aliphatic rings. The lowest BCUT2D eigenvalue weighted by molar-refractivity contribution is -0.143. The number of likely N-dealkylation sites (tertiary alicyclic amines) is 1. The minimum atomic E-state index is -0.946. The molecular formula is C27H29ClF3N3O3S. The molecule has 0 unspecified atom stereocenters. The van der Waals surface area contributed by atoms with E-state index in [-0.39, 0.29) is 4.90 Å². The second kappa shape index (κ2) is 12.5. The molecule has 2 N–H and O–H groups in total. The highest BCUT2D eigenvalue weighted by Gasteiger charge is 2.40. The summed E-state index contributed by atoms with van der Waals surface area (Å²) in [5.74, 6) is -2.06. The molecule has 6 nitrogen and oxygen atoms in total. The first-order valence-corrected chi connectivity index (χ1v) is 13.7. The first-order chi connectivity index (χ1) is 18.3. The second-order valence-electron chi connectivity index (χ2n) is 9.43. The van der Waals surface area contributed by atoms with Crippen LogP contribution in [0, 0.1) is 22.9 Å². The van der Waals surface area contributed by atoms with Crippen LogP contribution < -0.4 is 10.2 Å². The second-order valence-corrected chi connectivity index (χ2v) is 10.9. The number of hydrogen-bond acceptors (Lipinski definition) is 6. The summed E-state index contributed by atoms with van der Waals surface area (Å²) in [6.07, 6.45) is 4.53. The Labute approximate surface area is 228 Å². The number of pyridine rings is 1. The number of hydrogen-bond donors (Lipinski definition) is 2. The third-order valence-corrected chi connectivity index (χ3v) is 8.62. The molecule has 0 spiro atoms. The first kappa shape index (κ1) is 28.5. The number of benzene rings is 2. The Kier molecular flexibility index (Phi) is 9.40. The number of halogens is 4. The number of piperidine rings is 1. The lowest BCUT2D eigenvalue weighted by Crippen LogP contribution is -2.48. The lowest BCUT2D eigenvalue weighted by Gasteiger charge is -2.40. The smallest absolute Gasteiger partial charge is 0.249 e. The zero-order valence-electron chi connectivity index (χ0n) is 20.9. The number of hydroxylamine groups is 1. The fourth-order valence-electron chi connectivity index (χ4n) is 5.04. The van der Waals surface area contributed by atoms with Crippen LogP contribution >= 0.6 is 23.4 Å². The summed E-state index contributed by atoms with van der Waals surface area (Å²) < 4.78 is 46.3. The predicted molar refractivity (Wildman–Crippen MR) is 141 cm³/mol. The number of nitrogens with one attached hydrogen (secondary N) is 1. The minimum absolute atomic E-state index is 0.197. The first-order valence-electron chi connectivity index (χ1n) is 12.3. The summed E-state index contributed by atoms with van der Waals surface area (Å²) in [6, 6.07) is 6.97. The summed E-state index contributed by atoms with van der Waals surface area (Å²) in [6.45, 7) is 1.75. The van der Waals surface area contributed by atoms with E-state index in [0.29, 0.717) is 80.4 Å². The molecule has 0 atom stereocenters. The van der Waals surface area contributed by atoms with Gasteiger partial charge in [-0.2, -0.15) is 0 Å². The van der Waals surface area contributed by atoms with Gasteiger partial charge in [-0.05, 0) is 69.0 Å². The predicted octanol–water partition coefficient (Wildman–Crippen LogP) is 6.02. The molecule has 2 heterocycles. The van der Waals surface area contributed by atoms with E-state index in [9.17, 15) is 23.2 Å². The molecule has 1 aliphatic heterocycles. The van der Waals surface area contributed by atoms with E-state index in [1.807, 2.05) is 23.7 Å². The quantitative estimate of drug-likeness (QED) is 0.177. The maximum absolute atomic E-state index is 13.9. The van der Waals surface area contributed by atoms with Gasteiger partial charge in [0, 0.05) is 36.0 Å². The van der Waals surface area contributed by atoms with Crippen LogP contribution in [0.1, 0.15) is 31.2 Å². The van der Waals surface area contributed by atoms with Gasteiger partial charge in [-0.3, -0.25) is 15.0 Å². The Bertz CT molecular complexity index is 1280. The summed E-state index contributed by atoms with van der Waals surface area (Å²) in [5, 5.41) is 10.9. The Hall–Kier alpha value is -2.53. The average Bonchev–Trinajstić information content (AvgIpc) is 2.91. The van der Waals surface area contributed by atoms with Crippen LogP contribution in [0.4, 0.5) is 13.2 Å². The fourth-order valence-corrected chi connectivity index (χ4v) is 6.24. The highest BCUT2D eigenvalue weighted by molar-refractivity contribution is 7.99. The van der Waals surface area contributed by atoms with Crippen LogP contribution in [0.5, 0.6) is 5.75 Å². The summed E-state index contributed by atoms with van der Waals surface area (Å²) in [4.78, 5) is 19.1. The third kappa shape index (κ3) is 6.36. The van der Waals surface area contributed by atoms with Crippen LogP contribution in [0.15, 0.2) is 41.4 Å². The lowest BCUT2D eigenvalue weighted by atomic mass is 9.73. The van der Waals surface area contributed by atoms with Gasteiger partial charge >= 0.3 is 0 Å². The molecular weight excluding hydrogens is 539 g/mol. The van der Waals surface area contributed by atoms with Gasteiger partial charge in [0.2, 0.25) is 5.91 Å². The van der Waals surface area contributed by atoms with Crippen LogP contribution in [0.25, 0.3) is 10.9 Å². The number of carbonyl (C=O) groups excluding carboxylic acids is 1. The largest absolute Gasteiger partial charge is 0.497 e. The van der Waals surface area contributed by atoms with Gasteiger partial charge in [0.05, 0.1) is 28.0 Å². The molecule has 11 heteroatoms. The number of amides is 1. The van der Waals surface area contributed by atoms with Gasteiger partial charge in [-0.1, -0.05) is 11.6 Å². The number of nitrogens with zero attached hydrogens (tertiary/aromatic N) is 2. The highest BCUT2D eigenvalue weighted by Crippen LogP contribution is 2.38. The molecule has 1 saturated heterocycles. The van der Waals surface area contributed by atoms with E-state index in [1.54, 1.807) is 13.3 Å². The zero-order chi connectivity index (χ0) is 27.3. The van der Waals surface area contributed by atoms with Crippen molar-refractivity contribution in [2.45, 2.75) is 37.0 Å². The SMILES string of the molecule is COc1ccc2ncc(Cl)c(CCCC3(C(=O)NO)CCN(CCSc4c(F)cc(F)cc4F)CC3)c2c1. The molecule has 1 amide bonds. The van der Waals surface area contributed by atoms with Crippen molar-refractivity contribution >= 4 is 40.2 Å². The van der Waals surface area contributed by atoms with E-state index >= 15 is 0 Å². The monoisotopic (exact) mass is 567 g/mol. The van der Waals surface area contributed by atoms with E-state index in [1.165, 1.54) is 0 Å². The van der Waals surface area contributed by atoms with Crippen molar-refractivity contribution in [2.75, 3.05) is 32.5 Å².